The smallest absolute Gasteiger partial charge is 0.228 e. The molecule has 1 aromatic carbocycles. The van der Waals surface area contributed by atoms with Gasteiger partial charge in [0.25, 0.3) is 0 Å². The van der Waals surface area contributed by atoms with Crippen molar-refractivity contribution < 1.29 is 13.6 Å². The van der Waals surface area contributed by atoms with Crippen molar-refractivity contribution in [3.63, 3.8) is 0 Å². The maximum Gasteiger partial charge on any atom is 0.228 e. The fraction of sp³-hybridized carbons (Fsp3) is 0.238. The summed E-state index contributed by atoms with van der Waals surface area (Å²) < 4.78 is 28.3. The van der Waals surface area contributed by atoms with Crippen molar-refractivity contribution in [3.05, 3.63) is 72.2 Å². The quantitative estimate of drug-likeness (QED) is 0.734. The van der Waals surface area contributed by atoms with Crippen LogP contribution in [0.5, 0.6) is 0 Å². The molecule has 0 radical (unpaired) electrons. The van der Waals surface area contributed by atoms with E-state index in [0.717, 1.165) is 0 Å². The number of carbonyl (C=O) groups is 1. The average molecular weight is 395 g/mol. The molecule has 0 saturated carbocycles. The Kier molecular flexibility index (Phi) is 4.92. The van der Waals surface area contributed by atoms with E-state index in [1.54, 1.807) is 30.3 Å². The van der Waals surface area contributed by atoms with E-state index in [1.165, 1.54) is 29.4 Å². The minimum atomic E-state index is -1.76. The molecule has 1 fully saturated rings. The summed E-state index contributed by atoms with van der Waals surface area (Å²) in [5.41, 5.74) is 6.32. The molecule has 148 valence electrons. The largest absolute Gasteiger partial charge is 0.397 e. The number of halogens is 2. The molecule has 2 N–H and O–H groups in total. The van der Waals surface area contributed by atoms with E-state index in [1.807, 2.05) is 0 Å². The number of amides is 1. The first kappa shape index (κ1) is 18.9. The zero-order valence-corrected chi connectivity index (χ0v) is 15.6. The van der Waals surface area contributed by atoms with Gasteiger partial charge in [-0.05, 0) is 42.5 Å². The monoisotopic (exact) mass is 395 g/mol. The van der Waals surface area contributed by atoms with Gasteiger partial charge in [0, 0.05) is 30.9 Å². The second-order valence-corrected chi connectivity index (χ2v) is 7.02. The highest BCUT2D eigenvalue weighted by atomic mass is 19.1. The molecule has 1 aliphatic rings. The Morgan fingerprint density at radius 2 is 1.86 bits per heavy atom. The van der Waals surface area contributed by atoms with Crippen LogP contribution in [-0.4, -0.2) is 38.8 Å². The summed E-state index contributed by atoms with van der Waals surface area (Å²) in [6.45, 7) is 0.165. The third kappa shape index (κ3) is 3.91. The molecule has 0 spiro atoms. The van der Waals surface area contributed by atoms with Crippen LogP contribution < -0.4 is 5.73 Å². The number of carbonyl (C=O) groups excluding carboxylic acids is 1. The third-order valence-electron chi connectivity index (χ3n) is 5.01. The van der Waals surface area contributed by atoms with Gasteiger partial charge in [0.2, 0.25) is 5.91 Å². The molecule has 0 bridgehead atoms. The zero-order chi connectivity index (χ0) is 20.4. The van der Waals surface area contributed by atoms with Crippen molar-refractivity contribution in [1.29, 1.82) is 0 Å². The number of benzene rings is 1. The summed E-state index contributed by atoms with van der Waals surface area (Å²) in [5.74, 6) is -0.520. The van der Waals surface area contributed by atoms with E-state index >= 15 is 4.39 Å². The van der Waals surface area contributed by atoms with Crippen LogP contribution in [-0.2, 0) is 16.9 Å². The van der Waals surface area contributed by atoms with Crippen LogP contribution in [0.4, 0.5) is 14.5 Å². The van der Waals surface area contributed by atoms with Crippen molar-refractivity contribution in [2.75, 3.05) is 18.8 Å². The number of pyridine rings is 1. The van der Waals surface area contributed by atoms with Crippen molar-refractivity contribution in [1.82, 2.24) is 19.9 Å². The number of rotatable bonds is 4. The highest BCUT2D eigenvalue weighted by molar-refractivity contribution is 5.80. The summed E-state index contributed by atoms with van der Waals surface area (Å²) in [5, 5.41) is 0. The van der Waals surface area contributed by atoms with E-state index < -0.39 is 5.67 Å². The fourth-order valence-corrected chi connectivity index (χ4v) is 3.39. The average Bonchev–Trinajstić information content (AvgIpc) is 3.15. The Labute approximate surface area is 166 Å². The number of hydrogen-bond acceptors (Lipinski definition) is 5. The molecule has 4 rings (SSSR count). The second-order valence-electron chi connectivity index (χ2n) is 7.02. The summed E-state index contributed by atoms with van der Waals surface area (Å²) in [7, 11) is 0. The van der Waals surface area contributed by atoms with Crippen LogP contribution in [0.15, 0.2) is 54.9 Å². The highest BCUT2D eigenvalue weighted by Crippen LogP contribution is 2.34. The summed E-state index contributed by atoms with van der Waals surface area (Å²) in [6.07, 6.45) is 3.06. The van der Waals surface area contributed by atoms with Crippen molar-refractivity contribution >= 4 is 11.6 Å². The first-order valence-corrected chi connectivity index (χ1v) is 9.20. The number of likely N-dealkylation sites (tertiary alicyclic amines) is 1. The van der Waals surface area contributed by atoms with Crippen LogP contribution in [0.1, 0.15) is 17.9 Å². The molecule has 3 heterocycles. The van der Waals surface area contributed by atoms with Crippen molar-refractivity contribution in [3.8, 4) is 11.3 Å². The van der Waals surface area contributed by atoms with E-state index in [-0.39, 0.29) is 43.5 Å². The van der Waals surface area contributed by atoms with Gasteiger partial charge in [-0.25, -0.2) is 18.7 Å². The minimum absolute atomic E-state index is 0.0490. The molecule has 8 heteroatoms. The predicted molar refractivity (Wildman–Crippen MR) is 104 cm³/mol. The van der Waals surface area contributed by atoms with Crippen molar-refractivity contribution in [2.24, 2.45) is 0 Å². The van der Waals surface area contributed by atoms with Gasteiger partial charge in [0.05, 0.1) is 30.0 Å². The molecule has 1 atom stereocenters. The molecule has 1 amide bonds. The molecule has 2 aromatic heterocycles. The number of nitrogens with two attached hydrogens (primary N) is 1. The van der Waals surface area contributed by atoms with Gasteiger partial charge in [0.15, 0.2) is 11.5 Å². The molecule has 1 aliphatic heterocycles. The lowest BCUT2D eigenvalue weighted by Gasteiger charge is -2.20. The Hall–Kier alpha value is -3.42. The van der Waals surface area contributed by atoms with E-state index in [2.05, 4.69) is 15.0 Å². The minimum Gasteiger partial charge on any atom is -0.397 e. The number of aromatic nitrogens is 3. The van der Waals surface area contributed by atoms with E-state index in [0.29, 0.717) is 22.6 Å². The SMILES string of the molecule is Nc1ccc(-c2ccc(F)cc2)nc1CC(=O)N1CCC(F)(c2ncccn2)C1. The molecule has 0 aliphatic carbocycles. The van der Waals surface area contributed by atoms with Gasteiger partial charge in [0.1, 0.15) is 5.82 Å². The lowest BCUT2D eigenvalue weighted by atomic mass is 10.1. The summed E-state index contributed by atoms with van der Waals surface area (Å²) in [4.78, 5) is 26.6. The maximum absolute atomic E-state index is 15.2. The predicted octanol–water partition coefficient (Wildman–Crippen LogP) is 2.90. The number of anilines is 1. The van der Waals surface area contributed by atoms with Crippen LogP contribution in [0.25, 0.3) is 11.3 Å². The molecule has 1 unspecified atom stereocenters. The topological polar surface area (TPSA) is 85.0 Å². The third-order valence-corrected chi connectivity index (χ3v) is 5.01. The molecular weight excluding hydrogens is 376 g/mol. The normalized spacial score (nSPS) is 18.8. The maximum atomic E-state index is 15.2. The number of alkyl halides is 1. The number of hydrogen-bond donors (Lipinski definition) is 1. The Balaban J connectivity index is 1.50. The molecule has 1 saturated heterocycles. The zero-order valence-electron chi connectivity index (χ0n) is 15.6. The second kappa shape index (κ2) is 7.54. The lowest BCUT2D eigenvalue weighted by Crippen LogP contribution is -2.34. The summed E-state index contributed by atoms with van der Waals surface area (Å²) in [6, 6.07) is 10.9. The van der Waals surface area contributed by atoms with Gasteiger partial charge in [-0.1, -0.05) is 0 Å². The van der Waals surface area contributed by atoms with Gasteiger partial charge >= 0.3 is 0 Å². The molecular formula is C21H19F2N5O. The van der Waals surface area contributed by atoms with Gasteiger partial charge in [-0.3, -0.25) is 9.78 Å². The standard InChI is InChI=1S/C21H19F2N5O/c22-15-4-2-14(3-5-15)17-7-6-16(24)18(27-17)12-19(29)28-11-8-21(23,13-28)20-25-9-1-10-26-20/h1-7,9-10H,8,11-13,24H2. The fourth-order valence-electron chi connectivity index (χ4n) is 3.39. The number of nitrogen functional groups attached to an aromatic ring is 1. The van der Waals surface area contributed by atoms with E-state index in [9.17, 15) is 9.18 Å². The van der Waals surface area contributed by atoms with Crippen LogP contribution in [0.2, 0.25) is 0 Å². The highest BCUT2D eigenvalue weighted by Gasteiger charge is 2.44. The molecule has 6 nitrogen and oxygen atoms in total. The van der Waals surface area contributed by atoms with Gasteiger partial charge in [-0.2, -0.15) is 0 Å². The van der Waals surface area contributed by atoms with Crippen LogP contribution >= 0.6 is 0 Å². The van der Waals surface area contributed by atoms with Crippen LogP contribution in [0.3, 0.4) is 0 Å². The van der Waals surface area contributed by atoms with E-state index in [4.69, 9.17) is 5.73 Å². The van der Waals surface area contributed by atoms with Gasteiger partial charge in [-0.15, -0.1) is 0 Å². The lowest BCUT2D eigenvalue weighted by molar-refractivity contribution is -0.130. The Bertz CT molecular complexity index is 1030. The number of nitrogens with zero attached hydrogens (tertiary/aromatic N) is 4. The summed E-state index contributed by atoms with van der Waals surface area (Å²) >= 11 is 0. The first-order chi connectivity index (χ1) is 13.9. The molecule has 29 heavy (non-hydrogen) atoms. The Morgan fingerprint density at radius 3 is 2.59 bits per heavy atom. The first-order valence-electron chi connectivity index (χ1n) is 9.20. The van der Waals surface area contributed by atoms with Crippen molar-refractivity contribution in [2.45, 2.75) is 18.5 Å². The molecule has 3 aromatic rings. The van der Waals surface area contributed by atoms with Gasteiger partial charge < -0.3 is 10.6 Å². The Morgan fingerprint density at radius 1 is 1.14 bits per heavy atom. The van der Waals surface area contributed by atoms with Crippen LogP contribution in [0, 0.1) is 5.82 Å².